The molecule has 0 bridgehead atoms. The molecule has 1 aromatic heterocycles. The molecule has 138 valence electrons. The molecule has 0 aliphatic rings. The largest absolute Gasteiger partial charge is 0.355 e. The third-order valence-corrected chi connectivity index (χ3v) is 4.30. The lowest BCUT2D eigenvalue weighted by Crippen LogP contribution is -2.27. The summed E-state index contributed by atoms with van der Waals surface area (Å²) in [6, 6.07) is 18.9. The lowest BCUT2D eigenvalue weighted by atomic mass is 10.1. The summed E-state index contributed by atoms with van der Waals surface area (Å²) in [7, 11) is 3.36. The number of benzene rings is 2. The molecule has 0 radical (unpaired) electrons. The molecule has 3 rings (SSSR count). The first kappa shape index (κ1) is 18.4. The number of hydrogen-bond donors (Lipinski definition) is 2. The fourth-order valence-corrected chi connectivity index (χ4v) is 2.85. The number of rotatable bonds is 6. The maximum Gasteiger partial charge on any atom is 0.269 e. The van der Waals surface area contributed by atoms with Gasteiger partial charge in [-0.3, -0.25) is 14.3 Å². The van der Waals surface area contributed by atoms with Crippen LogP contribution in [0.15, 0.2) is 60.7 Å². The van der Waals surface area contributed by atoms with E-state index < -0.39 is 0 Å². The third kappa shape index (κ3) is 4.41. The van der Waals surface area contributed by atoms with Gasteiger partial charge in [0.2, 0.25) is 0 Å². The van der Waals surface area contributed by atoms with Gasteiger partial charge in [0.05, 0.1) is 5.69 Å². The van der Waals surface area contributed by atoms with E-state index in [9.17, 15) is 9.59 Å². The van der Waals surface area contributed by atoms with Crippen molar-refractivity contribution in [3.63, 3.8) is 0 Å². The topological polar surface area (TPSA) is 76.0 Å². The quantitative estimate of drug-likeness (QED) is 0.707. The van der Waals surface area contributed by atoms with Crippen molar-refractivity contribution in [1.82, 2.24) is 20.4 Å². The van der Waals surface area contributed by atoms with Crippen LogP contribution in [0.2, 0.25) is 0 Å². The normalized spacial score (nSPS) is 10.4. The molecule has 3 aromatic rings. The van der Waals surface area contributed by atoms with Gasteiger partial charge in [-0.05, 0) is 30.2 Å². The lowest BCUT2D eigenvalue weighted by molar-refractivity contribution is 0.0941. The number of aryl methyl sites for hydroxylation is 1. The van der Waals surface area contributed by atoms with Crippen molar-refractivity contribution in [3.8, 4) is 11.3 Å². The Morgan fingerprint density at radius 3 is 2.52 bits per heavy atom. The highest BCUT2D eigenvalue weighted by molar-refractivity contribution is 5.94. The van der Waals surface area contributed by atoms with Gasteiger partial charge in [0.1, 0.15) is 5.69 Å². The molecule has 0 saturated carbocycles. The zero-order chi connectivity index (χ0) is 19.2. The summed E-state index contributed by atoms with van der Waals surface area (Å²) in [6.07, 6.45) is 0.639. The van der Waals surface area contributed by atoms with Gasteiger partial charge in [0, 0.05) is 31.8 Å². The molecular weight excluding hydrogens is 340 g/mol. The molecule has 2 N–H and O–H groups in total. The molecule has 0 fully saturated rings. The molecule has 6 heteroatoms. The number of carbonyl (C=O) groups excluding carboxylic acids is 2. The summed E-state index contributed by atoms with van der Waals surface area (Å²) in [6.45, 7) is 0.474. The van der Waals surface area contributed by atoms with Crippen LogP contribution in [0, 0.1) is 0 Å². The zero-order valence-electron chi connectivity index (χ0n) is 15.4. The van der Waals surface area contributed by atoms with Gasteiger partial charge in [-0.1, -0.05) is 42.5 Å². The van der Waals surface area contributed by atoms with Crippen LogP contribution in [-0.2, 0) is 13.5 Å². The van der Waals surface area contributed by atoms with Gasteiger partial charge < -0.3 is 10.6 Å². The molecule has 0 unspecified atom stereocenters. The fraction of sp³-hybridized carbons (Fsp3) is 0.190. The Morgan fingerprint density at radius 1 is 1.00 bits per heavy atom. The Kier molecular flexibility index (Phi) is 5.66. The van der Waals surface area contributed by atoms with Crippen molar-refractivity contribution in [2.75, 3.05) is 13.6 Å². The van der Waals surface area contributed by atoms with Crippen molar-refractivity contribution < 1.29 is 9.59 Å². The van der Waals surface area contributed by atoms with E-state index in [0.717, 1.165) is 16.8 Å². The van der Waals surface area contributed by atoms with E-state index >= 15 is 0 Å². The van der Waals surface area contributed by atoms with E-state index in [1.165, 1.54) is 0 Å². The number of nitrogens with zero attached hydrogens (tertiary/aromatic N) is 2. The summed E-state index contributed by atoms with van der Waals surface area (Å²) in [4.78, 5) is 24.2. The standard InChI is InChI=1S/C21H22N4O2/c1-22-20(26)17-10-6-7-15(13-17)11-12-23-21(27)19-14-18(24-25(19)2)16-8-4-3-5-9-16/h3-10,13-14H,11-12H2,1-2H3,(H,22,26)(H,23,27). The molecule has 1 heterocycles. The van der Waals surface area contributed by atoms with E-state index in [4.69, 9.17) is 0 Å². The van der Waals surface area contributed by atoms with Gasteiger partial charge in [0.25, 0.3) is 11.8 Å². The van der Waals surface area contributed by atoms with Crippen LogP contribution in [-0.4, -0.2) is 35.2 Å². The number of hydrogen-bond acceptors (Lipinski definition) is 3. The summed E-state index contributed by atoms with van der Waals surface area (Å²) in [5.74, 6) is -0.293. The summed E-state index contributed by atoms with van der Waals surface area (Å²) in [5, 5.41) is 9.94. The SMILES string of the molecule is CNC(=O)c1cccc(CCNC(=O)c2cc(-c3ccccc3)nn2C)c1. The monoisotopic (exact) mass is 362 g/mol. The Hall–Kier alpha value is -3.41. The first-order valence-electron chi connectivity index (χ1n) is 8.77. The van der Waals surface area contributed by atoms with Crippen LogP contribution >= 0.6 is 0 Å². The summed E-state index contributed by atoms with van der Waals surface area (Å²) >= 11 is 0. The second-order valence-corrected chi connectivity index (χ2v) is 6.19. The molecule has 2 amide bonds. The number of nitrogens with one attached hydrogen (secondary N) is 2. The van der Waals surface area contributed by atoms with Crippen LogP contribution in [0.1, 0.15) is 26.4 Å². The maximum atomic E-state index is 12.5. The number of carbonyl (C=O) groups is 2. The molecule has 0 aliphatic heterocycles. The van der Waals surface area contributed by atoms with E-state index in [2.05, 4.69) is 15.7 Å². The molecule has 0 spiro atoms. The molecule has 2 aromatic carbocycles. The highest BCUT2D eigenvalue weighted by Gasteiger charge is 2.14. The molecular formula is C21H22N4O2. The van der Waals surface area contributed by atoms with E-state index in [0.29, 0.717) is 24.2 Å². The van der Waals surface area contributed by atoms with Crippen LogP contribution in [0.3, 0.4) is 0 Å². The fourth-order valence-electron chi connectivity index (χ4n) is 2.85. The average molecular weight is 362 g/mol. The number of amides is 2. The summed E-state index contributed by atoms with van der Waals surface area (Å²) < 4.78 is 1.59. The Bertz CT molecular complexity index is 948. The highest BCUT2D eigenvalue weighted by Crippen LogP contribution is 2.18. The van der Waals surface area contributed by atoms with Crippen molar-refractivity contribution >= 4 is 11.8 Å². The van der Waals surface area contributed by atoms with Crippen molar-refractivity contribution in [1.29, 1.82) is 0 Å². The Balaban J connectivity index is 1.62. The van der Waals surface area contributed by atoms with Gasteiger partial charge in [-0.2, -0.15) is 5.10 Å². The average Bonchev–Trinajstić information content (AvgIpc) is 3.10. The lowest BCUT2D eigenvalue weighted by Gasteiger charge is -2.07. The molecule has 0 saturated heterocycles. The van der Waals surface area contributed by atoms with E-state index in [-0.39, 0.29) is 11.8 Å². The molecule has 0 aliphatic carbocycles. The van der Waals surface area contributed by atoms with Crippen LogP contribution in [0.4, 0.5) is 0 Å². The zero-order valence-corrected chi connectivity index (χ0v) is 15.4. The first-order chi connectivity index (χ1) is 13.1. The molecule has 27 heavy (non-hydrogen) atoms. The minimum atomic E-state index is -0.172. The van der Waals surface area contributed by atoms with Crippen LogP contribution in [0.5, 0.6) is 0 Å². The molecule has 6 nitrogen and oxygen atoms in total. The summed E-state index contributed by atoms with van der Waals surface area (Å²) in [5.41, 5.74) is 3.85. The van der Waals surface area contributed by atoms with Gasteiger partial charge in [-0.15, -0.1) is 0 Å². The minimum Gasteiger partial charge on any atom is -0.355 e. The smallest absolute Gasteiger partial charge is 0.269 e. The second-order valence-electron chi connectivity index (χ2n) is 6.19. The van der Waals surface area contributed by atoms with E-state index in [1.54, 1.807) is 30.9 Å². The third-order valence-electron chi connectivity index (χ3n) is 4.30. The van der Waals surface area contributed by atoms with Gasteiger partial charge in [0.15, 0.2) is 0 Å². The van der Waals surface area contributed by atoms with E-state index in [1.807, 2.05) is 48.5 Å². The molecule has 0 atom stereocenters. The van der Waals surface area contributed by atoms with Crippen molar-refractivity contribution in [3.05, 3.63) is 77.5 Å². The second kappa shape index (κ2) is 8.31. The predicted octanol–water partition coefficient (Wildman–Crippen LogP) is 2.42. The highest BCUT2D eigenvalue weighted by atomic mass is 16.2. The van der Waals surface area contributed by atoms with Crippen molar-refractivity contribution in [2.45, 2.75) is 6.42 Å². The minimum absolute atomic E-state index is 0.121. The maximum absolute atomic E-state index is 12.5. The van der Waals surface area contributed by atoms with Crippen molar-refractivity contribution in [2.24, 2.45) is 7.05 Å². The first-order valence-corrected chi connectivity index (χ1v) is 8.77. The van der Waals surface area contributed by atoms with Crippen LogP contribution < -0.4 is 10.6 Å². The van der Waals surface area contributed by atoms with Gasteiger partial charge in [-0.25, -0.2) is 0 Å². The van der Waals surface area contributed by atoms with Gasteiger partial charge >= 0.3 is 0 Å². The van der Waals surface area contributed by atoms with Crippen LogP contribution in [0.25, 0.3) is 11.3 Å². The Morgan fingerprint density at radius 2 is 1.78 bits per heavy atom. The Labute approximate surface area is 158 Å². The number of aromatic nitrogens is 2. The predicted molar refractivity (Wildman–Crippen MR) is 105 cm³/mol.